The molecule has 4 heterocycles. The van der Waals surface area contributed by atoms with Crippen LogP contribution in [0, 0.1) is 0 Å². The van der Waals surface area contributed by atoms with Crippen LogP contribution in [0.4, 0.5) is 5.69 Å². The van der Waals surface area contributed by atoms with Gasteiger partial charge in [-0.3, -0.25) is 9.20 Å². The van der Waals surface area contributed by atoms with Crippen molar-refractivity contribution in [1.82, 2.24) is 9.38 Å². The van der Waals surface area contributed by atoms with Crippen LogP contribution in [0.3, 0.4) is 0 Å². The first-order valence-corrected chi connectivity index (χ1v) is 9.47. The van der Waals surface area contributed by atoms with Crippen LogP contribution >= 0.6 is 22.7 Å². The number of carbonyl (C=O) groups is 1. The van der Waals surface area contributed by atoms with E-state index in [1.54, 1.807) is 22.7 Å². The van der Waals surface area contributed by atoms with Gasteiger partial charge >= 0.3 is 0 Å². The number of thiophene rings is 1. The maximum atomic E-state index is 11.8. The summed E-state index contributed by atoms with van der Waals surface area (Å²) < 4.78 is 1.98. The van der Waals surface area contributed by atoms with Gasteiger partial charge in [-0.05, 0) is 41.1 Å². The fourth-order valence-corrected chi connectivity index (χ4v) is 4.88. The van der Waals surface area contributed by atoms with Crippen molar-refractivity contribution in [1.29, 1.82) is 0 Å². The maximum Gasteiger partial charge on any atom is 0.195 e. The maximum absolute atomic E-state index is 11.8. The van der Waals surface area contributed by atoms with Crippen LogP contribution in [0.15, 0.2) is 41.1 Å². The second-order valence-electron chi connectivity index (χ2n) is 5.73. The highest BCUT2D eigenvalue weighted by molar-refractivity contribution is 7.15. The lowest BCUT2D eigenvalue weighted by molar-refractivity contribution is 0.111. The summed E-state index contributed by atoms with van der Waals surface area (Å²) in [5.74, 6) is 0. The molecule has 1 N–H and O–H groups in total. The van der Waals surface area contributed by atoms with Crippen molar-refractivity contribution in [2.24, 2.45) is 0 Å². The normalized spacial score (nSPS) is 13.2. The van der Waals surface area contributed by atoms with E-state index in [1.165, 1.54) is 11.3 Å². The Morgan fingerprint density at radius 2 is 2.21 bits per heavy atom. The van der Waals surface area contributed by atoms with Crippen LogP contribution in [0.5, 0.6) is 0 Å². The van der Waals surface area contributed by atoms with Crippen molar-refractivity contribution in [2.45, 2.75) is 6.42 Å². The number of fused-ring (bicyclic) bond motifs is 2. The highest BCUT2D eigenvalue weighted by Crippen LogP contribution is 2.35. The molecule has 0 saturated heterocycles. The van der Waals surface area contributed by atoms with E-state index >= 15 is 0 Å². The molecule has 4 nitrogen and oxygen atoms in total. The fraction of sp³-hybridized carbons (Fsp3) is 0.111. The quantitative estimate of drug-likeness (QED) is 0.550. The molecular weight excluding hydrogens is 338 g/mol. The van der Waals surface area contributed by atoms with Crippen molar-refractivity contribution in [2.75, 3.05) is 11.9 Å². The lowest BCUT2D eigenvalue weighted by Crippen LogP contribution is -1.94. The minimum absolute atomic E-state index is 0.627. The Labute approximate surface area is 146 Å². The van der Waals surface area contributed by atoms with Gasteiger partial charge in [-0.25, -0.2) is 4.98 Å². The largest absolute Gasteiger partial charge is 0.384 e. The van der Waals surface area contributed by atoms with Gasteiger partial charge in [0.15, 0.2) is 11.2 Å². The Bertz CT molecular complexity index is 1060. The van der Waals surface area contributed by atoms with E-state index < -0.39 is 0 Å². The summed E-state index contributed by atoms with van der Waals surface area (Å²) in [4.78, 5) is 18.4. The smallest absolute Gasteiger partial charge is 0.195 e. The van der Waals surface area contributed by atoms with Crippen molar-refractivity contribution >= 4 is 39.6 Å². The van der Waals surface area contributed by atoms with Gasteiger partial charge in [0.1, 0.15) is 11.4 Å². The number of nitrogens with zero attached hydrogens (tertiary/aromatic N) is 2. The van der Waals surface area contributed by atoms with Crippen LogP contribution in [0.25, 0.3) is 26.8 Å². The van der Waals surface area contributed by atoms with E-state index in [1.807, 2.05) is 21.9 Å². The van der Waals surface area contributed by atoms with Gasteiger partial charge in [0.25, 0.3) is 0 Å². The van der Waals surface area contributed by atoms with Gasteiger partial charge < -0.3 is 5.32 Å². The number of hydrogen-bond acceptors (Lipinski definition) is 5. The van der Waals surface area contributed by atoms with Crippen LogP contribution in [-0.4, -0.2) is 22.2 Å². The van der Waals surface area contributed by atoms with Crippen LogP contribution in [0.1, 0.15) is 16.1 Å². The molecule has 24 heavy (non-hydrogen) atoms. The molecule has 4 aromatic rings. The number of benzene rings is 1. The number of hydrogen-bond donors (Lipinski definition) is 1. The van der Waals surface area contributed by atoms with Crippen molar-refractivity contribution in [3.8, 4) is 21.8 Å². The van der Waals surface area contributed by atoms with Crippen LogP contribution in [0.2, 0.25) is 0 Å². The Balaban J connectivity index is 1.74. The SMILES string of the molecule is O=Cc1c(-c2cccs2)nc2scc(-c3ccc4c(c3)CCN4)n12. The molecule has 6 heteroatoms. The average molecular weight is 351 g/mol. The highest BCUT2D eigenvalue weighted by atomic mass is 32.1. The Hall–Kier alpha value is -2.44. The number of anilines is 1. The van der Waals surface area contributed by atoms with Gasteiger partial charge in [0, 0.05) is 17.6 Å². The monoisotopic (exact) mass is 351 g/mol. The fourth-order valence-electron chi connectivity index (χ4n) is 3.25. The van der Waals surface area contributed by atoms with Gasteiger partial charge in [-0.1, -0.05) is 12.1 Å². The molecule has 0 saturated carbocycles. The highest BCUT2D eigenvalue weighted by Gasteiger charge is 2.20. The number of imidazole rings is 1. The van der Waals surface area contributed by atoms with E-state index in [0.29, 0.717) is 5.69 Å². The van der Waals surface area contributed by atoms with E-state index in [4.69, 9.17) is 4.98 Å². The summed E-state index contributed by atoms with van der Waals surface area (Å²) in [6.45, 7) is 0.991. The zero-order valence-electron chi connectivity index (χ0n) is 12.7. The molecule has 0 fully saturated rings. The number of rotatable bonds is 3. The minimum atomic E-state index is 0.627. The van der Waals surface area contributed by atoms with Gasteiger partial charge in [0.05, 0.1) is 10.6 Å². The summed E-state index contributed by atoms with van der Waals surface area (Å²) in [5, 5.41) is 7.47. The van der Waals surface area contributed by atoms with Crippen molar-refractivity contribution in [3.05, 3.63) is 52.3 Å². The Morgan fingerprint density at radius 1 is 1.25 bits per heavy atom. The number of thiazole rings is 1. The van der Waals surface area contributed by atoms with Gasteiger partial charge in [-0.2, -0.15) is 0 Å². The van der Waals surface area contributed by atoms with E-state index in [9.17, 15) is 4.79 Å². The molecule has 1 aliphatic heterocycles. The molecule has 3 aromatic heterocycles. The first kappa shape index (κ1) is 13.9. The second kappa shape index (κ2) is 5.29. The average Bonchev–Trinajstić information content (AvgIpc) is 3.35. The predicted octanol–water partition coefficient (Wildman–Crippen LogP) is 4.57. The summed E-state index contributed by atoms with van der Waals surface area (Å²) in [7, 11) is 0. The lowest BCUT2D eigenvalue weighted by atomic mass is 10.1. The van der Waals surface area contributed by atoms with Crippen LogP contribution in [-0.2, 0) is 6.42 Å². The van der Waals surface area contributed by atoms with Crippen LogP contribution < -0.4 is 5.32 Å². The standard InChI is InChI=1S/C18H13N3OS2/c22-9-14-17(16-2-1-7-23-16)20-18-21(14)15(10-24-18)12-3-4-13-11(8-12)5-6-19-13/h1-4,7-10,19H,5-6H2. The molecule has 0 amide bonds. The number of aldehydes is 1. The molecule has 0 radical (unpaired) electrons. The molecule has 0 unspecified atom stereocenters. The predicted molar refractivity (Wildman–Crippen MR) is 99.4 cm³/mol. The summed E-state index contributed by atoms with van der Waals surface area (Å²) in [6.07, 6.45) is 1.96. The molecule has 0 aliphatic carbocycles. The number of carbonyl (C=O) groups excluding carboxylic acids is 1. The van der Waals surface area contributed by atoms with E-state index in [0.717, 1.165) is 46.0 Å². The zero-order chi connectivity index (χ0) is 16.1. The molecule has 1 aromatic carbocycles. The molecule has 0 spiro atoms. The third-order valence-corrected chi connectivity index (χ3v) is 6.08. The Morgan fingerprint density at radius 3 is 3.04 bits per heavy atom. The lowest BCUT2D eigenvalue weighted by Gasteiger charge is -2.05. The first-order chi connectivity index (χ1) is 11.8. The first-order valence-electron chi connectivity index (χ1n) is 7.71. The number of nitrogens with one attached hydrogen (secondary N) is 1. The molecule has 1 aliphatic rings. The van der Waals surface area contributed by atoms with Gasteiger partial charge in [-0.15, -0.1) is 22.7 Å². The zero-order valence-corrected chi connectivity index (χ0v) is 14.3. The van der Waals surface area contributed by atoms with E-state index in [-0.39, 0.29) is 0 Å². The second-order valence-corrected chi connectivity index (χ2v) is 7.51. The minimum Gasteiger partial charge on any atom is -0.384 e. The third-order valence-electron chi connectivity index (χ3n) is 4.38. The summed E-state index contributed by atoms with van der Waals surface area (Å²) in [5.41, 5.74) is 6.10. The number of aromatic nitrogens is 2. The summed E-state index contributed by atoms with van der Waals surface area (Å²) >= 11 is 3.18. The molecule has 0 atom stereocenters. The van der Waals surface area contributed by atoms with Gasteiger partial charge in [0.2, 0.25) is 0 Å². The third kappa shape index (κ3) is 1.96. The van der Waals surface area contributed by atoms with E-state index in [2.05, 4.69) is 28.9 Å². The molecular formula is C18H13N3OS2. The molecule has 118 valence electrons. The molecule has 5 rings (SSSR count). The topological polar surface area (TPSA) is 46.4 Å². The molecule has 0 bridgehead atoms. The van der Waals surface area contributed by atoms with Crippen molar-refractivity contribution < 1.29 is 4.79 Å². The van der Waals surface area contributed by atoms with Crippen molar-refractivity contribution in [3.63, 3.8) is 0 Å². The summed E-state index contributed by atoms with van der Waals surface area (Å²) in [6, 6.07) is 10.4. The Kier molecular flexibility index (Phi) is 3.08.